The average Bonchev–Trinajstić information content (AvgIpc) is 3.73. The van der Waals surface area contributed by atoms with E-state index in [4.69, 9.17) is 27.9 Å². The zero-order valence-corrected chi connectivity index (χ0v) is 24.0. The molecule has 4 N–H and O–H groups in total. The van der Waals surface area contributed by atoms with Gasteiger partial charge in [-0.25, -0.2) is 8.78 Å². The first-order valence-electron chi connectivity index (χ1n) is 13.6. The third-order valence-electron chi connectivity index (χ3n) is 7.37. The molecule has 0 aliphatic heterocycles. The molecule has 16 heteroatoms. The smallest absolute Gasteiger partial charge is 0.391 e. The summed E-state index contributed by atoms with van der Waals surface area (Å²) in [6, 6.07) is 4.05. The Morgan fingerprint density at radius 3 is 2.44 bits per heavy atom. The van der Waals surface area contributed by atoms with E-state index in [0.717, 1.165) is 12.8 Å². The van der Waals surface area contributed by atoms with Crippen LogP contribution in [-0.4, -0.2) is 52.0 Å². The second-order valence-electron chi connectivity index (χ2n) is 10.6. The predicted octanol–water partition coefficient (Wildman–Crippen LogP) is 6.53. The van der Waals surface area contributed by atoms with Gasteiger partial charge >= 0.3 is 6.18 Å². The molecule has 2 aromatic heterocycles. The van der Waals surface area contributed by atoms with Gasteiger partial charge in [-0.3, -0.25) is 9.59 Å². The molecule has 5 rings (SSSR count). The third kappa shape index (κ3) is 7.58. The number of carbonyl (C=O) groups is 2. The second-order valence-corrected chi connectivity index (χ2v) is 11.4. The SMILES string of the molecule is O=C(N[C@H]1CC[C@H](C(F)(F)F)CC1)c1cc2[nH]c(Nc3c(Cl)ccc(CNC(=O)C4CC4)c3Cl)nc2nc1OCC(F)F. The number of fused-ring (bicyclic) bond motifs is 1. The fourth-order valence-electron chi connectivity index (χ4n) is 4.87. The van der Waals surface area contributed by atoms with Gasteiger partial charge in [0.1, 0.15) is 5.56 Å². The fraction of sp³-hybridized carbons (Fsp3) is 0.481. The van der Waals surface area contributed by atoms with Crippen molar-refractivity contribution in [1.29, 1.82) is 0 Å². The highest BCUT2D eigenvalue weighted by molar-refractivity contribution is 6.39. The molecule has 2 amide bonds. The van der Waals surface area contributed by atoms with Gasteiger partial charge in [0.05, 0.1) is 27.2 Å². The molecule has 0 radical (unpaired) electrons. The van der Waals surface area contributed by atoms with Crippen LogP contribution in [-0.2, 0) is 11.3 Å². The van der Waals surface area contributed by atoms with Crippen molar-refractivity contribution in [3.63, 3.8) is 0 Å². The normalized spacial score (nSPS) is 19.0. The Morgan fingerprint density at radius 2 is 1.79 bits per heavy atom. The molecule has 0 saturated heterocycles. The summed E-state index contributed by atoms with van der Waals surface area (Å²) < 4.78 is 70.1. The van der Waals surface area contributed by atoms with Gasteiger partial charge in [0, 0.05) is 18.5 Å². The highest BCUT2D eigenvalue weighted by Crippen LogP contribution is 2.38. The Balaban J connectivity index is 1.35. The zero-order chi connectivity index (χ0) is 30.9. The van der Waals surface area contributed by atoms with E-state index in [1.807, 2.05) is 0 Å². The van der Waals surface area contributed by atoms with Crippen LogP contribution in [0, 0.1) is 11.8 Å². The maximum atomic E-state index is 13.1. The van der Waals surface area contributed by atoms with Crippen LogP contribution in [0.5, 0.6) is 5.88 Å². The van der Waals surface area contributed by atoms with Crippen molar-refractivity contribution < 1.29 is 36.3 Å². The van der Waals surface area contributed by atoms with E-state index < -0.39 is 43.0 Å². The average molecular weight is 649 g/mol. The maximum absolute atomic E-state index is 13.1. The molecule has 2 saturated carbocycles. The first kappa shape index (κ1) is 31.0. The summed E-state index contributed by atoms with van der Waals surface area (Å²) in [5.41, 5.74) is 0.947. The minimum atomic E-state index is -4.30. The molecule has 2 heterocycles. The molecule has 2 aliphatic rings. The molecule has 1 aromatic carbocycles. The molecule has 3 aromatic rings. The zero-order valence-electron chi connectivity index (χ0n) is 22.5. The highest BCUT2D eigenvalue weighted by Gasteiger charge is 2.41. The predicted molar refractivity (Wildman–Crippen MR) is 149 cm³/mol. The number of halogens is 7. The number of hydrogen-bond donors (Lipinski definition) is 4. The Bertz CT molecular complexity index is 1510. The lowest BCUT2D eigenvalue weighted by molar-refractivity contribution is -0.182. The Hall–Kier alpha value is -3.39. The summed E-state index contributed by atoms with van der Waals surface area (Å²) in [7, 11) is 0. The molecular weight excluding hydrogens is 622 g/mol. The van der Waals surface area contributed by atoms with Crippen molar-refractivity contribution in [2.24, 2.45) is 11.8 Å². The topological polar surface area (TPSA) is 121 Å². The number of aromatic nitrogens is 3. The lowest BCUT2D eigenvalue weighted by Gasteiger charge is -2.30. The van der Waals surface area contributed by atoms with Crippen LogP contribution < -0.4 is 20.7 Å². The number of aromatic amines is 1. The van der Waals surface area contributed by atoms with Crippen molar-refractivity contribution >= 4 is 57.8 Å². The largest absolute Gasteiger partial charge is 0.471 e. The molecule has 0 atom stereocenters. The number of nitrogens with zero attached hydrogens (tertiary/aromatic N) is 2. The van der Waals surface area contributed by atoms with Crippen LogP contribution >= 0.6 is 23.2 Å². The summed E-state index contributed by atoms with van der Waals surface area (Å²) in [5.74, 6) is -2.49. The number of nitrogens with one attached hydrogen (secondary N) is 4. The molecular formula is C27H27Cl2F5N6O3. The summed E-state index contributed by atoms with van der Waals surface area (Å²) in [6.07, 6.45) is -5.47. The number of hydrogen-bond acceptors (Lipinski definition) is 6. The van der Waals surface area contributed by atoms with E-state index in [9.17, 15) is 31.5 Å². The van der Waals surface area contributed by atoms with E-state index in [1.54, 1.807) is 12.1 Å². The van der Waals surface area contributed by atoms with Crippen LogP contribution in [0.2, 0.25) is 10.0 Å². The Labute approximate surface area is 252 Å². The minimum absolute atomic E-state index is 0.0223. The van der Waals surface area contributed by atoms with Crippen LogP contribution in [0.4, 0.5) is 33.6 Å². The van der Waals surface area contributed by atoms with Gasteiger partial charge in [0.2, 0.25) is 17.7 Å². The van der Waals surface area contributed by atoms with Crippen LogP contribution in [0.25, 0.3) is 11.2 Å². The molecule has 232 valence electrons. The number of amides is 2. The summed E-state index contributed by atoms with van der Waals surface area (Å²) in [5, 5.41) is 8.94. The number of benzene rings is 1. The second kappa shape index (κ2) is 12.7. The molecule has 43 heavy (non-hydrogen) atoms. The van der Waals surface area contributed by atoms with Gasteiger partial charge < -0.3 is 25.7 Å². The van der Waals surface area contributed by atoms with Crippen LogP contribution in [0.1, 0.15) is 54.4 Å². The Morgan fingerprint density at radius 1 is 1.07 bits per heavy atom. The number of H-pyrrole nitrogens is 1. The maximum Gasteiger partial charge on any atom is 0.391 e. The van der Waals surface area contributed by atoms with Crippen molar-refractivity contribution in [2.45, 2.75) is 63.7 Å². The molecule has 2 fully saturated rings. The number of rotatable bonds is 10. The molecule has 0 bridgehead atoms. The van der Waals surface area contributed by atoms with Crippen LogP contribution in [0.3, 0.4) is 0 Å². The van der Waals surface area contributed by atoms with Crippen molar-refractivity contribution in [3.05, 3.63) is 39.4 Å². The van der Waals surface area contributed by atoms with Gasteiger partial charge in [0.25, 0.3) is 12.3 Å². The summed E-state index contributed by atoms with van der Waals surface area (Å²) >= 11 is 12.9. The monoisotopic (exact) mass is 648 g/mol. The molecule has 2 aliphatic carbocycles. The molecule has 0 spiro atoms. The van der Waals surface area contributed by atoms with Gasteiger partial charge in [-0.15, -0.1) is 0 Å². The van der Waals surface area contributed by atoms with Gasteiger partial charge in [-0.2, -0.15) is 23.1 Å². The fourth-order valence-corrected chi connectivity index (χ4v) is 5.40. The van der Waals surface area contributed by atoms with Crippen molar-refractivity contribution in [1.82, 2.24) is 25.6 Å². The van der Waals surface area contributed by atoms with Crippen molar-refractivity contribution in [2.75, 3.05) is 11.9 Å². The van der Waals surface area contributed by atoms with Gasteiger partial charge in [-0.1, -0.05) is 29.3 Å². The number of pyridine rings is 1. The first-order valence-corrected chi connectivity index (χ1v) is 14.4. The van der Waals surface area contributed by atoms with E-state index >= 15 is 0 Å². The lowest BCUT2D eigenvalue weighted by Crippen LogP contribution is -2.40. The van der Waals surface area contributed by atoms with E-state index in [0.29, 0.717) is 5.56 Å². The Kier molecular flexibility index (Phi) is 9.16. The molecule has 0 unspecified atom stereocenters. The standard InChI is InChI=1S/C27H27Cl2F5N6O3/c28-17-8-3-13(10-35-23(41)12-1-2-12)20(29)21(17)38-26-37-18-9-16(25(39-22(18)40-26)43-11-19(30)31)24(42)36-15-6-4-14(5-7-15)27(32,33)34/h3,8-9,12,14-15,19H,1-2,4-7,10-11H2,(H,35,41)(H,36,42)(H2,37,38,39,40)/t14-,15-. The number of alkyl halides is 5. The summed E-state index contributed by atoms with van der Waals surface area (Å²) in [4.78, 5) is 36.5. The van der Waals surface area contributed by atoms with E-state index in [1.165, 1.54) is 6.07 Å². The molecule has 9 nitrogen and oxygen atoms in total. The van der Waals surface area contributed by atoms with Gasteiger partial charge in [0.15, 0.2) is 12.3 Å². The quantitative estimate of drug-likeness (QED) is 0.186. The lowest BCUT2D eigenvalue weighted by atomic mass is 9.85. The third-order valence-corrected chi connectivity index (χ3v) is 8.12. The van der Waals surface area contributed by atoms with Gasteiger partial charge in [-0.05, 0) is 56.2 Å². The number of anilines is 2. The number of carbonyl (C=O) groups excluding carboxylic acids is 2. The first-order chi connectivity index (χ1) is 20.4. The van der Waals surface area contributed by atoms with Crippen molar-refractivity contribution in [3.8, 4) is 5.88 Å². The van der Waals surface area contributed by atoms with E-state index in [2.05, 4.69) is 30.9 Å². The van der Waals surface area contributed by atoms with E-state index in [-0.39, 0.29) is 82.5 Å². The minimum Gasteiger partial charge on any atom is -0.471 e. The van der Waals surface area contributed by atoms with Crippen LogP contribution in [0.15, 0.2) is 18.2 Å². The summed E-state index contributed by atoms with van der Waals surface area (Å²) in [6.45, 7) is -0.858. The highest BCUT2D eigenvalue weighted by atomic mass is 35.5. The number of imidazole rings is 1. The number of ether oxygens (including phenoxy) is 1.